The minimum Gasteiger partial charge on any atom is -0.344 e. The molecule has 0 bridgehead atoms. The number of hydrogen-bond acceptors (Lipinski definition) is 2. The van der Waals surface area contributed by atoms with Crippen molar-refractivity contribution in [2.24, 2.45) is 0 Å². The van der Waals surface area contributed by atoms with Gasteiger partial charge in [0.1, 0.15) is 0 Å². The summed E-state index contributed by atoms with van der Waals surface area (Å²) < 4.78 is 0. The molecule has 0 rings (SSSR count). The van der Waals surface area contributed by atoms with E-state index in [4.69, 9.17) is 0 Å². The summed E-state index contributed by atoms with van der Waals surface area (Å²) in [4.78, 5) is 0. The van der Waals surface area contributed by atoms with Crippen LogP contribution >= 0.6 is 36.8 Å². The molecule has 0 unspecified atom stereocenters. The Morgan fingerprint density at radius 1 is 0.467 bits per heavy atom. The first kappa shape index (κ1) is 38.4. The van der Waals surface area contributed by atoms with Gasteiger partial charge < -0.3 is 6.15 Å². The average molecular weight is 536 g/mol. The molecule has 4 N–H and O–H groups in total. The SMILES string of the molecule is Br.CCCCCCCC[PH](CCCCCCCC)(CCCCCCCC)NC.Cl.N. The zero-order chi connectivity index (χ0) is 20.1. The summed E-state index contributed by atoms with van der Waals surface area (Å²) in [5.41, 5.74) is 0. The van der Waals surface area contributed by atoms with Gasteiger partial charge in [0.25, 0.3) is 0 Å². The van der Waals surface area contributed by atoms with Gasteiger partial charge in [0.15, 0.2) is 0 Å². The van der Waals surface area contributed by atoms with Crippen LogP contribution in [0.15, 0.2) is 0 Å². The summed E-state index contributed by atoms with van der Waals surface area (Å²) in [6.45, 7) is 6.96. The molecule has 0 aliphatic carbocycles. The van der Waals surface area contributed by atoms with Gasteiger partial charge in [-0.3, -0.25) is 0 Å². The molecule has 0 aliphatic heterocycles. The first-order valence-electron chi connectivity index (χ1n) is 12.9. The fraction of sp³-hybridized carbons (Fsp3) is 1.00. The monoisotopic (exact) mass is 534 g/mol. The van der Waals surface area contributed by atoms with Crippen molar-refractivity contribution in [2.75, 3.05) is 25.5 Å². The van der Waals surface area contributed by atoms with Crippen molar-refractivity contribution in [2.45, 2.75) is 136 Å². The van der Waals surface area contributed by atoms with Gasteiger partial charge in [0.2, 0.25) is 0 Å². The van der Waals surface area contributed by atoms with Gasteiger partial charge in [0.05, 0.1) is 0 Å². The second-order valence-electron chi connectivity index (χ2n) is 9.08. The maximum Gasteiger partial charge on any atom is -0.147 e. The van der Waals surface area contributed by atoms with E-state index in [0.717, 1.165) is 0 Å². The van der Waals surface area contributed by atoms with Crippen LogP contribution in [0.25, 0.3) is 0 Å². The van der Waals surface area contributed by atoms with Crippen LogP contribution in [0.1, 0.15) is 136 Å². The maximum absolute atomic E-state index is 3.96. The van der Waals surface area contributed by atoms with Crippen LogP contribution in [0, 0.1) is 0 Å². The molecular weight excluding hydrogens is 475 g/mol. The van der Waals surface area contributed by atoms with Gasteiger partial charge in [-0.05, 0) is 0 Å². The predicted molar refractivity (Wildman–Crippen MR) is 155 cm³/mol. The minimum atomic E-state index is -1.22. The van der Waals surface area contributed by atoms with Gasteiger partial charge in [-0.25, -0.2) is 0 Å². The van der Waals surface area contributed by atoms with Gasteiger partial charge in [-0.1, -0.05) is 0 Å². The molecule has 0 atom stereocenters. The normalized spacial score (nSPS) is 11.3. The van der Waals surface area contributed by atoms with Gasteiger partial charge in [-0.15, -0.1) is 29.4 Å². The predicted octanol–water partition coefficient (Wildman–Crippen LogP) is 10.1. The number of halogens is 2. The standard InChI is InChI=1S/C25H56NP.BrH.ClH.H3N/c1-5-8-11-14-17-20-23-27(26-4,24-21-18-15-12-9-6-2)25-22-19-16-13-10-7-3;;;/h26-27H,5-25H2,1-4H3;2*1H;1H3. The first-order chi connectivity index (χ1) is 13.2. The molecule has 0 radical (unpaired) electrons. The van der Waals surface area contributed by atoms with E-state index in [-0.39, 0.29) is 35.5 Å². The zero-order valence-electron chi connectivity index (χ0n) is 21.4. The second kappa shape index (κ2) is 30.1. The van der Waals surface area contributed by atoms with Crippen LogP contribution in [0.2, 0.25) is 0 Å². The smallest absolute Gasteiger partial charge is 0.147 e. The molecule has 0 heterocycles. The molecule has 0 aromatic rings. The van der Waals surface area contributed by atoms with Crippen LogP contribution in [0.3, 0.4) is 0 Å². The van der Waals surface area contributed by atoms with E-state index in [1.165, 1.54) is 116 Å². The summed E-state index contributed by atoms with van der Waals surface area (Å²) >= 11 is 0. The number of unbranched alkanes of at least 4 members (excludes halogenated alkanes) is 15. The van der Waals surface area contributed by atoms with Crippen molar-refractivity contribution < 1.29 is 0 Å². The molecule has 30 heavy (non-hydrogen) atoms. The topological polar surface area (TPSA) is 47.0 Å². The van der Waals surface area contributed by atoms with E-state index in [9.17, 15) is 0 Å². The van der Waals surface area contributed by atoms with Crippen molar-refractivity contribution in [1.82, 2.24) is 11.2 Å². The van der Waals surface area contributed by atoms with Crippen LogP contribution < -0.4 is 11.2 Å². The number of rotatable bonds is 22. The molecule has 5 heteroatoms. The van der Waals surface area contributed by atoms with Crippen LogP contribution in [0.4, 0.5) is 0 Å². The molecule has 0 aromatic carbocycles. The molecule has 0 aromatic heterocycles. The second-order valence-corrected chi connectivity index (χ2v) is 13.6. The summed E-state index contributed by atoms with van der Waals surface area (Å²) in [6.07, 6.45) is 30.7. The fourth-order valence-electron chi connectivity index (χ4n) is 4.48. The number of hydrogen-bond donors (Lipinski definition) is 2. The minimum absolute atomic E-state index is 0. The van der Waals surface area contributed by atoms with Gasteiger partial charge in [0, 0.05) is 0 Å². The van der Waals surface area contributed by atoms with Crippen molar-refractivity contribution in [3.63, 3.8) is 0 Å². The molecule has 0 spiro atoms. The molecule has 0 saturated heterocycles. The van der Waals surface area contributed by atoms with E-state index >= 15 is 0 Å². The Hall–Kier alpha value is 1.12. The quantitative estimate of drug-likeness (QED) is 0.107. The van der Waals surface area contributed by atoms with Crippen LogP contribution in [-0.2, 0) is 0 Å². The van der Waals surface area contributed by atoms with Crippen molar-refractivity contribution >= 4 is 36.8 Å². The molecule has 0 saturated carbocycles. The van der Waals surface area contributed by atoms with Gasteiger partial charge in [-0.2, -0.15) is 0 Å². The third-order valence-corrected chi connectivity index (χ3v) is 11.5. The number of nitrogens with one attached hydrogen (secondary N) is 1. The van der Waals surface area contributed by atoms with Gasteiger partial charge >= 0.3 is 174 Å². The summed E-state index contributed by atoms with van der Waals surface area (Å²) in [5.74, 6) is 0. The fourth-order valence-corrected chi connectivity index (χ4v) is 8.76. The Morgan fingerprint density at radius 3 is 0.933 bits per heavy atom. The Balaban J connectivity index is -0.00000113. The summed E-state index contributed by atoms with van der Waals surface area (Å²) in [6, 6.07) is 0. The van der Waals surface area contributed by atoms with Crippen LogP contribution in [0.5, 0.6) is 0 Å². The van der Waals surface area contributed by atoms with E-state index < -0.39 is 7.41 Å². The van der Waals surface area contributed by atoms with Crippen molar-refractivity contribution in [1.29, 1.82) is 0 Å². The molecule has 2 nitrogen and oxygen atoms in total. The van der Waals surface area contributed by atoms with E-state index in [0.29, 0.717) is 0 Å². The Morgan fingerprint density at radius 2 is 0.700 bits per heavy atom. The maximum atomic E-state index is 3.96. The van der Waals surface area contributed by atoms with Crippen LogP contribution in [-0.4, -0.2) is 25.5 Å². The molecule has 0 amide bonds. The molecular formula is C25H61BrClN2P. The Labute approximate surface area is 209 Å². The largest absolute Gasteiger partial charge is 0.344 e. The van der Waals surface area contributed by atoms with Crippen molar-refractivity contribution in [3.05, 3.63) is 0 Å². The molecule has 0 fully saturated rings. The van der Waals surface area contributed by atoms with E-state index in [1.54, 1.807) is 18.5 Å². The Bertz CT molecular complexity index is 256. The average Bonchev–Trinajstić information content (AvgIpc) is 2.69. The van der Waals surface area contributed by atoms with E-state index in [1.807, 2.05) is 0 Å². The molecule has 0 aliphatic rings. The first-order valence-corrected chi connectivity index (χ1v) is 15.6. The van der Waals surface area contributed by atoms with E-state index in [2.05, 4.69) is 32.9 Å². The zero-order valence-corrected chi connectivity index (χ0v) is 24.9. The summed E-state index contributed by atoms with van der Waals surface area (Å²) in [7, 11) is 1.08. The third kappa shape index (κ3) is 23.8. The van der Waals surface area contributed by atoms with Crippen molar-refractivity contribution in [3.8, 4) is 0 Å². The summed E-state index contributed by atoms with van der Waals surface area (Å²) in [5, 5.41) is 3.96. The molecule has 190 valence electrons. The Kier molecular flexibility index (Phi) is 38.5. The third-order valence-electron chi connectivity index (χ3n) is 6.56.